The van der Waals surface area contributed by atoms with Gasteiger partial charge in [0.05, 0.1) is 26.5 Å². The second kappa shape index (κ2) is 7.14. The Morgan fingerprint density at radius 2 is 1.93 bits per heavy atom. The first-order chi connectivity index (χ1) is 13.5. The van der Waals surface area contributed by atoms with E-state index in [1.54, 1.807) is 24.9 Å². The molecule has 0 radical (unpaired) electrons. The zero-order chi connectivity index (χ0) is 19.8. The van der Waals surface area contributed by atoms with E-state index in [0.717, 1.165) is 29.8 Å². The maximum absolute atomic E-state index is 13.4. The van der Waals surface area contributed by atoms with E-state index >= 15 is 0 Å². The van der Waals surface area contributed by atoms with Crippen LogP contribution in [0, 0.1) is 13.8 Å². The Hall–Kier alpha value is -3.09. The van der Waals surface area contributed by atoms with Gasteiger partial charge in [0.15, 0.2) is 17.1 Å². The molecule has 28 heavy (non-hydrogen) atoms. The quantitative estimate of drug-likeness (QED) is 0.694. The number of carbonyl (C=O) groups excluding carboxylic acids is 1. The summed E-state index contributed by atoms with van der Waals surface area (Å²) in [6.45, 7) is 4.60. The molecule has 146 valence electrons. The number of nitrogens with zero attached hydrogens (tertiary/aromatic N) is 4. The molecule has 1 aromatic carbocycles. The maximum Gasteiger partial charge on any atom is 0.259 e. The lowest BCUT2D eigenvalue weighted by molar-refractivity contribution is 0.0737. The number of likely N-dealkylation sites (tertiary alicyclic amines) is 1. The van der Waals surface area contributed by atoms with Gasteiger partial charge in [0.1, 0.15) is 5.56 Å². The van der Waals surface area contributed by atoms with Crippen molar-refractivity contribution in [2.75, 3.05) is 20.8 Å². The van der Waals surface area contributed by atoms with Gasteiger partial charge in [-0.3, -0.25) is 4.79 Å². The zero-order valence-electron chi connectivity index (χ0n) is 16.6. The van der Waals surface area contributed by atoms with E-state index in [1.165, 1.54) is 0 Å². The third-order valence-corrected chi connectivity index (χ3v) is 5.31. The first-order valence-corrected chi connectivity index (χ1v) is 9.38. The lowest BCUT2D eigenvalue weighted by Gasteiger charge is -2.25. The smallest absolute Gasteiger partial charge is 0.259 e. The van der Waals surface area contributed by atoms with Crippen molar-refractivity contribution < 1.29 is 14.3 Å². The lowest BCUT2D eigenvalue weighted by Crippen LogP contribution is -2.30. The molecule has 0 spiro atoms. The van der Waals surface area contributed by atoms with E-state index < -0.39 is 0 Å². The number of rotatable bonds is 4. The average molecular weight is 380 g/mol. The fourth-order valence-corrected chi connectivity index (χ4v) is 3.99. The van der Waals surface area contributed by atoms with Crippen molar-refractivity contribution in [3.8, 4) is 11.5 Å². The van der Waals surface area contributed by atoms with Crippen LogP contribution in [0.1, 0.15) is 46.2 Å². The monoisotopic (exact) mass is 380 g/mol. The highest BCUT2D eigenvalue weighted by molar-refractivity contribution is 6.00. The van der Waals surface area contributed by atoms with Gasteiger partial charge in [-0.2, -0.15) is 5.10 Å². The van der Waals surface area contributed by atoms with Crippen molar-refractivity contribution in [2.24, 2.45) is 0 Å². The number of hydrogen-bond donors (Lipinski definition) is 0. The minimum Gasteiger partial charge on any atom is -0.493 e. The number of aryl methyl sites for hydroxylation is 2. The molecular formula is C21H24N4O3. The van der Waals surface area contributed by atoms with Crippen LogP contribution < -0.4 is 9.47 Å². The van der Waals surface area contributed by atoms with E-state index in [0.29, 0.717) is 29.3 Å². The number of carbonyl (C=O) groups is 1. The van der Waals surface area contributed by atoms with E-state index in [1.807, 2.05) is 43.0 Å². The molecule has 1 amide bonds. The SMILES string of the molecule is COc1ccc(C2CCCN2C(=O)c2cnn3c(C)cc(C)nc23)cc1OC. The van der Waals surface area contributed by atoms with Gasteiger partial charge < -0.3 is 14.4 Å². The molecule has 0 bridgehead atoms. The Kier molecular flexibility index (Phi) is 4.66. The van der Waals surface area contributed by atoms with E-state index in [-0.39, 0.29) is 11.9 Å². The van der Waals surface area contributed by atoms with Crippen LogP contribution in [0.5, 0.6) is 11.5 Å². The van der Waals surface area contributed by atoms with E-state index in [9.17, 15) is 4.79 Å². The molecule has 1 atom stereocenters. The molecular weight excluding hydrogens is 356 g/mol. The Morgan fingerprint density at radius 1 is 1.14 bits per heavy atom. The summed E-state index contributed by atoms with van der Waals surface area (Å²) in [7, 11) is 3.24. The standard InChI is InChI=1S/C21H24N4O3/c1-13-10-14(2)25-20(23-13)16(12-22-25)21(26)24-9-5-6-17(24)15-7-8-18(27-3)19(11-15)28-4/h7-8,10-12,17H,5-6,9H2,1-4H3. The molecule has 1 unspecified atom stereocenters. The van der Waals surface area contributed by atoms with Gasteiger partial charge in [0, 0.05) is 17.9 Å². The topological polar surface area (TPSA) is 69.0 Å². The molecule has 0 aliphatic carbocycles. The van der Waals surface area contributed by atoms with Gasteiger partial charge >= 0.3 is 0 Å². The van der Waals surface area contributed by atoms with Gasteiger partial charge in [-0.15, -0.1) is 0 Å². The van der Waals surface area contributed by atoms with Gasteiger partial charge in [0.25, 0.3) is 5.91 Å². The van der Waals surface area contributed by atoms with Gasteiger partial charge in [-0.25, -0.2) is 9.50 Å². The lowest BCUT2D eigenvalue weighted by atomic mass is 10.0. The third-order valence-electron chi connectivity index (χ3n) is 5.31. The van der Waals surface area contributed by atoms with Gasteiger partial charge in [-0.05, 0) is 50.5 Å². The number of aromatic nitrogens is 3. The molecule has 2 aromatic heterocycles. The second-order valence-corrected chi connectivity index (χ2v) is 7.10. The summed E-state index contributed by atoms with van der Waals surface area (Å²) in [5.74, 6) is 1.31. The van der Waals surface area contributed by atoms with Crippen LogP contribution in [-0.2, 0) is 0 Å². The largest absolute Gasteiger partial charge is 0.493 e. The van der Waals surface area contributed by atoms with Crippen molar-refractivity contribution in [1.82, 2.24) is 19.5 Å². The molecule has 0 N–H and O–H groups in total. The van der Waals surface area contributed by atoms with Crippen molar-refractivity contribution in [3.63, 3.8) is 0 Å². The number of methoxy groups -OCH3 is 2. The fraction of sp³-hybridized carbons (Fsp3) is 0.381. The maximum atomic E-state index is 13.4. The van der Waals surface area contributed by atoms with Crippen LogP contribution in [0.25, 0.3) is 5.65 Å². The zero-order valence-corrected chi connectivity index (χ0v) is 16.6. The highest BCUT2D eigenvalue weighted by atomic mass is 16.5. The Balaban J connectivity index is 1.70. The fourth-order valence-electron chi connectivity index (χ4n) is 3.99. The summed E-state index contributed by atoms with van der Waals surface area (Å²) < 4.78 is 12.5. The van der Waals surface area contributed by atoms with Crippen LogP contribution in [0.4, 0.5) is 0 Å². The van der Waals surface area contributed by atoms with Gasteiger partial charge in [0.2, 0.25) is 0 Å². The molecule has 1 fully saturated rings. The molecule has 7 heteroatoms. The van der Waals surface area contributed by atoms with Crippen LogP contribution in [0.3, 0.4) is 0 Å². The molecule has 1 aliphatic rings. The van der Waals surface area contributed by atoms with Crippen LogP contribution in [0.2, 0.25) is 0 Å². The third kappa shape index (κ3) is 2.96. The van der Waals surface area contributed by atoms with Crippen molar-refractivity contribution in [1.29, 1.82) is 0 Å². The average Bonchev–Trinajstić information content (AvgIpc) is 3.34. The minimum atomic E-state index is -0.0372. The summed E-state index contributed by atoms with van der Waals surface area (Å²) in [6, 6.07) is 7.79. The number of hydrogen-bond acceptors (Lipinski definition) is 5. The van der Waals surface area contributed by atoms with Crippen molar-refractivity contribution in [2.45, 2.75) is 32.7 Å². The molecule has 3 aromatic rings. The molecule has 1 aliphatic heterocycles. The Bertz CT molecular complexity index is 1040. The summed E-state index contributed by atoms with van der Waals surface area (Å²) >= 11 is 0. The highest BCUT2D eigenvalue weighted by Crippen LogP contribution is 2.37. The highest BCUT2D eigenvalue weighted by Gasteiger charge is 2.33. The van der Waals surface area contributed by atoms with Gasteiger partial charge in [-0.1, -0.05) is 6.07 Å². The van der Waals surface area contributed by atoms with Crippen molar-refractivity contribution in [3.05, 3.63) is 53.0 Å². The first-order valence-electron chi connectivity index (χ1n) is 9.38. The van der Waals surface area contributed by atoms with Crippen LogP contribution in [0.15, 0.2) is 30.5 Å². The first kappa shape index (κ1) is 18.3. The number of ether oxygens (including phenoxy) is 2. The molecule has 0 saturated carbocycles. The predicted octanol–water partition coefficient (Wildman–Crippen LogP) is 3.34. The minimum absolute atomic E-state index is 0.00633. The number of fused-ring (bicyclic) bond motifs is 1. The summed E-state index contributed by atoms with van der Waals surface area (Å²) in [5, 5.41) is 4.37. The molecule has 7 nitrogen and oxygen atoms in total. The summed E-state index contributed by atoms with van der Waals surface area (Å²) in [6.07, 6.45) is 3.49. The Morgan fingerprint density at radius 3 is 2.68 bits per heavy atom. The normalized spacial score (nSPS) is 16.6. The predicted molar refractivity (Wildman–Crippen MR) is 105 cm³/mol. The van der Waals surface area contributed by atoms with Crippen molar-refractivity contribution >= 4 is 11.6 Å². The van der Waals surface area contributed by atoms with E-state index in [2.05, 4.69) is 10.1 Å². The van der Waals surface area contributed by atoms with Crippen LogP contribution >= 0.6 is 0 Å². The van der Waals surface area contributed by atoms with Crippen LogP contribution in [-0.4, -0.2) is 46.2 Å². The number of benzene rings is 1. The molecule has 1 saturated heterocycles. The summed E-state index contributed by atoms with van der Waals surface area (Å²) in [4.78, 5) is 19.9. The molecule has 4 rings (SSSR count). The summed E-state index contributed by atoms with van der Waals surface area (Å²) in [5.41, 5.74) is 4.02. The number of amides is 1. The Labute approximate surface area is 163 Å². The van der Waals surface area contributed by atoms with E-state index in [4.69, 9.17) is 9.47 Å². The molecule has 3 heterocycles. The second-order valence-electron chi connectivity index (χ2n) is 7.10.